The van der Waals surface area contributed by atoms with Gasteiger partial charge in [-0.2, -0.15) is 0 Å². The number of carbonyl (C=O) groups excluding carboxylic acids is 1. The first-order chi connectivity index (χ1) is 14.9. The number of fused-ring (bicyclic) bond motifs is 1. The Morgan fingerprint density at radius 1 is 1.16 bits per heavy atom. The number of nitrogens with zero attached hydrogens (tertiary/aromatic N) is 3. The van der Waals surface area contributed by atoms with Crippen LogP contribution in [0.2, 0.25) is 0 Å². The highest BCUT2D eigenvalue weighted by molar-refractivity contribution is 7.89. The van der Waals surface area contributed by atoms with Gasteiger partial charge in [-0.05, 0) is 48.5 Å². The van der Waals surface area contributed by atoms with Gasteiger partial charge in [-0.1, -0.05) is 0 Å². The van der Waals surface area contributed by atoms with Crippen molar-refractivity contribution in [3.05, 3.63) is 71.7 Å². The first kappa shape index (κ1) is 20.7. The van der Waals surface area contributed by atoms with Gasteiger partial charge in [-0.3, -0.25) is 9.10 Å². The molecule has 0 aromatic heterocycles. The molecule has 2 heterocycles. The van der Waals surface area contributed by atoms with Crippen LogP contribution in [0.4, 0.5) is 4.39 Å². The second-order valence-corrected chi connectivity index (χ2v) is 8.72. The number of amides is 1. The zero-order chi connectivity index (χ0) is 22.0. The van der Waals surface area contributed by atoms with Gasteiger partial charge in [0, 0.05) is 36.5 Å². The molecule has 8 nitrogen and oxygen atoms in total. The number of sulfonamides is 1. The number of hydrogen-bond acceptors (Lipinski definition) is 6. The van der Waals surface area contributed by atoms with Crippen LogP contribution in [0.5, 0.6) is 5.75 Å². The van der Waals surface area contributed by atoms with Crippen molar-refractivity contribution in [2.75, 3.05) is 13.7 Å². The molecule has 2 aromatic carbocycles. The monoisotopic (exact) mass is 442 g/mol. The van der Waals surface area contributed by atoms with Crippen molar-refractivity contribution < 1.29 is 22.3 Å². The molecule has 1 amide bonds. The van der Waals surface area contributed by atoms with Crippen LogP contribution in [0.25, 0.3) is 0 Å². The summed E-state index contributed by atoms with van der Waals surface area (Å²) in [6, 6.07) is 11.3. The molecule has 160 valence electrons. The van der Waals surface area contributed by atoms with Crippen LogP contribution < -0.4 is 10.1 Å². The fourth-order valence-corrected chi connectivity index (χ4v) is 4.51. The number of nitrogens with one attached hydrogen (secondary N) is 1. The van der Waals surface area contributed by atoms with Gasteiger partial charge in [-0.15, -0.1) is 0 Å². The second kappa shape index (κ2) is 8.31. The molecule has 1 unspecified atom stereocenters. The van der Waals surface area contributed by atoms with Crippen LogP contribution in [0.15, 0.2) is 75.2 Å². The van der Waals surface area contributed by atoms with E-state index >= 15 is 0 Å². The number of carbonyl (C=O) groups is 1. The van der Waals surface area contributed by atoms with Gasteiger partial charge in [0.15, 0.2) is 0 Å². The fraction of sp³-hybridized carbons (Fsp3) is 0.190. The van der Waals surface area contributed by atoms with E-state index in [1.807, 2.05) is 0 Å². The van der Waals surface area contributed by atoms with Crippen molar-refractivity contribution in [1.82, 2.24) is 9.62 Å². The third kappa shape index (κ3) is 4.33. The first-order valence-electron chi connectivity index (χ1n) is 9.41. The van der Waals surface area contributed by atoms with E-state index < -0.39 is 28.0 Å². The van der Waals surface area contributed by atoms with Crippen LogP contribution in [-0.4, -0.2) is 50.5 Å². The average Bonchev–Trinajstić information content (AvgIpc) is 2.79. The van der Waals surface area contributed by atoms with E-state index in [0.717, 1.165) is 0 Å². The van der Waals surface area contributed by atoms with E-state index in [4.69, 9.17) is 4.74 Å². The van der Waals surface area contributed by atoms with Gasteiger partial charge in [0.05, 0.1) is 17.7 Å². The molecule has 2 aliphatic heterocycles. The van der Waals surface area contributed by atoms with Gasteiger partial charge in [-0.25, -0.2) is 22.8 Å². The van der Waals surface area contributed by atoms with Crippen molar-refractivity contribution >= 4 is 27.9 Å². The highest BCUT2D eigenvalue weighted by atomic mass is 32.2. The highest BCUT2D eigenvalue weighted by Gasteiger charge is 2.28. The molecule has 0 saturated heterocycles. The summed E-state index contributed by atoms with van der Waals surface area (Å²) in [6.07, 6.45) is 2.53. The SMILES string of the molecule is COc1ccc(S(=O)(=O)N2C=C3C=NC(NC(=O)c4ccc(F)cc4)N=C3CC2)cc1. The highest BCUT2D eigenvalue weighted by Crippen LogP contribution is 2.24. The zero-order valence-electron chi connectivity index (χ0n) is 16.5. The summed E-state index contributed by atoms with van der Waals surface area (Å²) in [6.45, 7) is 0.211. The molecule has 2 aliphatic rings. The van der Waals surface area contributed by atoms with Crippen LogP contribution in [0.1, 0.15) is 16.8 Å². The van der Waals surface area contributed by atoms with Crippen LogP contribution in [-0.2, 0) is 10.0 Å². The maximum Gasteiger partial charge on any atom is 0.263 e. The van der Waals surface area contributed by atoms with Crippen molar-refractivity contribution in [2.45, 2.75) is 17.6 Å². The molecule has 1 atom stereocenters. The lowest BCUT2D eigenvalue weighted by molar-refractivity contribution is 0.0940. The van der Waals surface area contributed by atoms with Crippen molar-refractivity contribution in [3.8, 4) is 5.75 Å². The maximum atomic E-state index is 13.0. The fourth-order valence-electron chi connectivity index (χ4n) is 3.18. The second-order valence-electron chi connectivity index (χ2n) is 6.83. The minimum Gasteiger partial charge on any atom is -0.497 e. The maximum absolute atomic E-state index is 13.0. The standard InChI is InChI=1S/C21H19FN4O4S/c1-30-17-6-8-18(9-7-17)31(28,29)26-11-10-19-15(13-26)12-23-21(24-19)25-20(27)14-2-4-16(22)5-3-14/h2-9,12-13,21H,10-11H2,1H3,(H,25,27). The quantitative estimate of drug-likeness (QED) is 0.768. The minimum absolute atomic E-state index is 0.155. The molecule has 10 heteroatoms. The normalized spacial score (nSPS) is 18.0. The molecule has 4 rings (SSSR count). The van der Waals surface area contributed by atoms with E-state index in [9.17, 15) is 17.6 Å². The number of rotatable bonds is 5. The van der Waals surface area contributed by atoms with Gasteiger partial charge < -0.3 is 10.1 Å². The topological polar surface area (TPSA) is 100 Å². The Kier molecular flexibility index (Phi) is 5.55. The van der Waals surface area contributed by atoms with Crippen molar-refractivity contribution in [2.24, 2.45) is 9.98 Å². The first-order valence-corrected chi connectivity index (χ1v) is 10.9. The molecular formula is C21H19FN4O4S. The molecule has 0 bridgehead atoms. The summed E-state index contributed by atoms with van der Waals surface area (Å²) >= 11 is 0. The Bertz CT molecular complexity index is 1190. The molecule has 2 aromatic rings. The third-order valence-corrected chi connectivity index (χ3v) is 6.62. The Hall–Kier alpha value is -3.53. The third-order valence-electron chi connectivity index (χ3n) is 4.85. The van der Waals surface area contributed by atoms with E-state index in [-0.39, 0.29) is 11.4 Å². The Labute approximate surface area is 178 Å². The lowest BCUT2D eigenvalue weighted by Gasteiger charge is -2.28. The molecule has 0 aliphatic carbocycles. The number of benzene rings is 2. The van der Waals surface area contributed by atoms with Crippen molar-refractivity contribution in [3.63, 3.8) is 0 Å². The number of halogens is 1. The average molecular weight is 442 g/mol. The predicted octanol–water partition coefficient (Wildman–Crippen LogP) is 2.35. The summed E-state index contributed by atoms with van der Waals surface area (Å²) in [5, 5.41) is 2.65. The molecule has 1 N–H and O–H groups in total. The van der Waals surface area contributed by atoms with Gasteiger partial charge in [0.25, 0.3) is 15.9 Å². The predicted molar refractivity (Wildman–Crippen MR) is 113 cm³/mol. The number of methoxy groups -OCH3 is 1. The Morgan fingerprint density at radius 2 is 1.87 bits per heavy atom. The molecule has 31 heavy (non-hydrogen) atoms. The van der Waals surface area contributed by atoms with Crippen molar-refractivity contribution in [1.29, 1.82) is 0 Å². The van der Waals surface area contributed by atoms with E-state index in [0.29, 0.717) is 29.0 Å². The Balaban J connectivity index is 1.48. The molecule has 0 radical (unpaired) electrons. The zero-order valence-corrected chi connectivity index (χ0v) is 17.3. The van der Waals surface area contributed by atoms with Gasteiger partial charge in [0.1, 0.15) is 11.6 Å². The lowest BCUT2D eigenvalue weighted by Crippen LogP contribution is -2.38. The van der Waals surface area contributed by atoms with Gasteiger partial charge in [0.2, 0.25) is 6.29 Å². The number of allylic oxidation sites excluding steroid dienone is 1. The molecular weight excluding hydrogens is 423 g/mol. The summed E-state index contributed by atoms with van der Waals surface area (Å²) in [4.78, 5) is 21.0. The summed E-state index contributed by atoms with van der Waals surface area (Å²) in [7, 11) is -2.21. The van der Waals surface area contributed by atoms with E-state index in [2.05, 4.69) is 15.3 Å². The summed E-state index contributed by atoms with van der Waals surface area (Å²) < 4.78 is 45.2. The summed E-state index contributed by atoms with van der Waals surface area (Å²) in [5.74, 6) is -0.296. The van der Waals surface area contributed by atoms with Gasteiger partial charge >= 0.3 is 0 Å². The van der Waals surface area contributed by atoms with E-state index in [1.165, 1.54) is 60.2 Å². The number of ether oxygens (including phenoxy) is 1. The number of aliphatic imine (C=N–C) groups is 2. The molecule has 0 spiro atoms. The van der Waals surface area contributed by atoms with E-state index in [1.54, 1.807) is 12.1 Å². The molecule has 0 fully saturated rings. The summed E-state index contributed by atoms with van der Waals surface area (Å²) in [5.41, 5.74) is 1.51. The minimum atomic E-state index is -3.73. The van der Waals surface area contributed by atoms with Crippen LogP contribution >= 0.6 is 0 Å². The van der Waals surface area contributed by atoms with Crippen LogP contribution in [0, 0.1) is 5.82 Å². The van der Waals surface area contributed by atoms with Crippen LogP contribution in [0.3, 0.4) is 0 Å². The smallest absolute Gasteiger partial charge is 0.263 e. The molecule has 0 saturated carbocycles. The Morgan fingerprint density at radius 3 is 2.55 bits per heavy atom. The largest absolute Gasteiger partial charge is 0.497 e. The number of hydrogen-bond donors (Lipinski definition) is 1. The lowest BCUT2D eigenvalue weighted by atomic mass is 10.1.